The fourth-order valence-electron chi connectivity index (χ4n) is 1.75. The first kappa shape index (κ1) is 21.4. The summed E-state index contributed by atoms with van der Waals surface area (Å²) in [4.78, 5) is 28.6. The van der Waals surface area contributed by atoms with Gasteiger partial charge in [0.15, 0.2) is 6.10 Å². The van der Waals surface area contributed by atoms with E-state index in [9.17, 15) is 18.0 Å². The zero-order valence-electron chi connectivity index (χ0n) is 14.6. The minimum absolute atomic E-state index is 0.000452. The van der Waals surface area contributed by atoms with Gasteiger partial charge < -0.3 is 10.1 Å². The molecule has 0 saturated carbocycles. The van der Waals surface area contributed by atoms with E-state index in [1.54, 1.807) is 13.8 Å². The number of nitrogens with one attached hydrogen (secondary N) is 1. The Morgan fingerprint density at radius 1 is 1.24 bits per heavy atom. The van der Waals surface area contributed by atoms with Gasteiger partial charge in [0.25, 0.3) is 15.9 Å². The maximum atomic E-state index is 12.3. The predicted molar refractivity (Wildman–Crippen MR) is 91.6 cm³/mol. The van der Waals surface area contributed by atoms with E-state index in [0.29, 0.717) is 4.47 Å². The number of halogens is 1. The van der Waals surface area contributed by atoms with Crippen molar-refractivity contribution < 1.29 is 27.6 Å². The molecule has 10 heteroatoms. The van der Waals surface area contributed by atoms with Gasteiger partial charge in [-0.15, -0.1) is 0 Å². The van der Waals surface area contributed by atoms with Crippen LogP contribution in [0, 0.1) is 0 Å². The van der Waals surface area contributed by atoms with Gasteiger partial charge in [-0.05, 0) is 39.0 Å². The average molecular weight is 393 g/mol. The highest BCUT2D eigenvalue weighted by Crippen LogP contribution is 2.23. The molecule has 0 spiro atoms. The molecule has 1 atom stereocenters. The molecule has 1 rings (SSSR count). The number of carbonyl (C=O) groups excluding carboxylic acids is 2. The van der Waals surface area contributed by atoms with E-state index in [1.165, 1.54) is 33.2 Å². The number of hydroxylamine groups is 1. The molecule has 0 unspecified atom stereocenters. The number of amides is 1. The first-order valence-corrected chi connectivity index (χ1v) is 9.16. The highest BCUT2D eigenvalue weighted by Gasteiger charge is 2.25. The first-order valence-electron chi connectivity index (χ1n) is 7.34. The van der Waals surface area contributed by atoms with Gasteiger partial charge in [-0.1, -0.05) is 16.1 Å². The lowest BCUT2D eigenvalue weighted by Crippen LogP contribution is -2.39. The van der Waals surface area contributed by atoms with Crippen LogP contribution in [-0.2, 0) is 24.4 Å². The molecule has 0 heterocycles. The van der Waals surface area contributed by atoms with Crippen LogP contribution >= 0.6 is 11.6 Å². The normalized spacial score (nSPS) is 13.0. The molecule has 8 nitrogen and oxygen atoms in total. The van der Waals surface area contributed by atoms with Crippen LogP contribution in [0.5, 0.6) is 0 Å². The fraction of sp³-hybridized carbons (Fsp3) is 0.467. The van der Waals surface area contributed by atoms with Gasteiger partial charge in [0.1, 0.15) is 0 Å². The number of hydrogen-bond acceptors (Lipinski definition) is 6. The molecule has 1 amide bonds. The Hall–Kier alpha value is -1.68. The van der Waals surface area contributed by atoms with Crippen LogP contribution in [0.25, 0.3) is 0 Å². The third-order valence-corrected chi connectivity index (χ3v) is 5.14. The summed E-state index contributed by atoms with van der Waals surface area (Å²) >= 11 is 5.96. The first-order chi connectivity index (χ1) is 11.5. The Morgan fingerprint density at radius 2 is 1.84 bits per heavy atom. The average Bonchev–Trinajstić information content (AvgIpc) is 2.53. The van der Waals surface area contributed by atoms with Gasteiger partial charge >= 0.3 is 5.97 Å². The van der Waals surface area contributed by atoms with Gasteiger partial charge in [-0.3, -0.25) is 9.63 Å². The number of carbonyl (C=O) groups is 2. The number of benzene rings is 1. The Labute approximate surface area is 152 Å². The maximum absolute atomic E-state index is 12.3. The van der Waals surface area contributed by atoms with Gasteiger partial charge in [-0.2, -0.15) is 0 Å². The van der Waals surface area contributed by atoms with E-state index >= 15 is 0 Å². The summed E-state index contributed by atoms with van der Waals surface area (Å²) in [5.41, 5.74) is -0.170. The molecule has 1 N–H and O–H groups in total. The van der Waals surface area contributed by atoms with Crippen molar-refractivity contribution in [3.05, 3.63) is 28.8 Å². The molecule has 0 radical (unpaired) electrons. The number of rotatable bonds is 7. The van der Waals surface area contributed by atoms with Crippen LogP contribution in [0.3, 0.4) is 0 Å². The third kappa shape index (κ3) is 5.40. The third-order valence-electron chi connectivity index (χ3n) is 3.14. The highest BCUT2D eigenvalue weighted by atomic mass is 35.5. The summed E-state index contributed by atoms with van der Waals surface area (Å²) in [5, 5.41) is 2.60. The summed E-state index contributed by atoms with van der Waals surface area (Å²) in [6, 6.07) is 3.45. The molecule has 140 valence electrons. The molecule has 0 aliphatic rings. The van der Waals surface area contributed by atoms with E-state index in [1.807, 2.05) is 0 Å². The Kier molecular flexibility index (Phi) is 7.36. The van der Waals surface area contributed by atoms with Crippen molar-refractivity contribution in [2.75, 3.05) is 14.2 Å². The van der Waals surface area contributed by atoms with Crippen molar-refractivity contribution in [2.24, 2.45) is 0 Å². The lowest BCUT2D eigenvalue weighted by Gasteiger charge is -2.17. The van der Waals surface area contributed by atoms with Gasteiger partial charge in [0.05, 0.1) is 22.6 Å². The lowest BCUT2D eigenvalue weighted by molar-refractivity contribution is -0.129. The second-order valence-electron chi connectivity index (χ2n) is 5.45. The number of ether oxygens (including phenoxy) is 1. The Bertz CT molecular complexity index is 750. The Morgan fingerprint density at radius 3 is 2.36 bits per heavy atom. The smallest absolute Gasteiger partial charge is 0.340 e. The molecule has 0 fully saturated rings. The summed E-state index contributed by atoms with van der Waals surface area (Å²) in [5.74, 6) is -1.38. The number of sulfonamides is 1. The zero-order chi connectivity index (χ0) is 19.4. The van der Waals surface area contributed by atoms with E-state index in [-0.39, 0.29) is 21.5 Å². The molecule has 0 saturated heterocycles. The molecule has 1 aromatic carbocycles. The molecular formula is C15H21ClN2O6S. The van der Waals surface area contributed by atoms with E-state index < -0.39 is 28.0 Å². The summed E-state index contributed by atoms with van der Waals surface area (Å²) in [6.45, 7) is 4.94. The summed E-state index contributed by atoms with van der Waals surface area (Å²) in [6.07, 6.45) is -1.06. The molecule has 0 aliphatic heterocycles. The number of esters is 1. The highest BCUT2D eigenvalue weighted by molar-refractivity contribution is 7.89. The van der Waals surface area contributed by atoms with Crippen molar-refractivity contribution in [3.63, 3.8) is 0 Å². The van der Waals surface area contributed by atoms with Crippen molar-refractivity contribution in [1.82, 2.24) is 9.79 Å². The molecule has 25 heavy (non-hydrogen) atoms. The van der Waals surface area contributed by atoms with Crippen molar-refractivity contribution in [1.29, 1.82) is 0 Å². The molecule has 1 aromatic rings. The SMILES string of the molecule is CON(C)S(=O)(=O)c1ccc(Cl)c(C(=O)O[C@H](C)C(=O)NC(C)C)c1. The van der Waals surface area contributed by atoms with Gasteiger partial charge in [-0.25, -0.2) is 13.2 Å². The Balaban J connectivity index is 3.07. The predicted octanol–water partition coefficient (Wildman–Crippen LogP) is 1.59. The number of hydrogen-bond donors (Lipinski definition) is 1. The van der Waals surface area contributed by atoms with Crippen molar-refractivity contribution in [3.8, 4) is 0 Å². The van der Waals surface area contributed by atoms with E-state index in [4.69, 9.17) is 16.3 Å². The van der Waals surface area contributed by atoms with Crippen molar-refractivity contribution >= 4 is 33.5 Å². The van der Waals surface area contributed by atoms with Crippen LogP contribution < -0.4 is 5.32 Å². The molecular weight excluding hydrogens is 372 g/mol. The van der Waals surface area contributed by atoms with E-state index in [0.717, 1.165) is 6.07 Å². The van der Waals surface area contributed by atoms with Gasteiger partial charge in [0.2, 0.25) is 0 Å². The monoisotopic (exact) mass is 392 g/mol. The maximum Gasteiger partial charge on any atom is 0.340 e. The van der Waals surface area contributed by atoms with Crippen LogP contribution in [0.2, 0.25) is 5.02 Å². The zero-order valence-corrected chi connectivity index (χ0v) is 16.1. The molecule has 0 bridgehead atoms. The van der Waals surface area contributed by atoms with Crippen LogP contribution in [-0.4, -0.2) is 51.1 Å². The van der Waals surface area contributed by atoms with Crippen molar-refractivity contribution in [2.45, 2.75) is 37.8 Å². The van der Waals surface area contributed by atoms with E-state index in [2.05, 4.69) is 10.2 Å². The largest absolute Gasteiger partial charge is 0.449 e. The lowest BCUT2D eigenvalue weighted by atomic mass is 10.2. The second kappa shape index (κ2) is 8.61. The topological polar surface area (TPSA) is 102 Å². The minimum atomic E-state index is -3.96. The van der Waals surface area contributed by atoms with Crippen LogP contribution in [0.15, 0.2) is 23.1 Å². The molecule has 0 aliphatic carbocycles. The standard InChI is InChI=1S/C15H21ClN2O6S/c1-9(2)17-14(19)10(3)24-15(20)12-8-11(6-7-13(12)16)25(21,22)18(4)23-5/h6-10H,1-5H3,(H,17,19)/t10-/m1/s1. The summed E-state index contributed by atoms with van der Waals surface area (Å²) < 4.78 is 30.2. The van der Waals surface area contributed by atoms with Crippen LogP contribution in [0.1, 0.15) is 31.1 Å². The quantitative estimate of drug-likeness (QED) is 0.558. The second-order valence-corrected chi connectivity index (χ2v) is 7.79. The molecule has 0 aromatic heterocycles. The summed E-state index contributed by atoms with van der Waals surface area (Å²) in [7, 11) is -1.56. The fourth-order valence-corrected chi connectivity index (χ4v) is 2.94. The number of nitrogens with zero attached hydrogens (tertiary/aromatic N) is 1. The minimum Gasteiger partial charge on any atom is -0.449 e. The van der Waals surface area contributed by atoms with Crippen LogP contribution in [0.4, 0.5) is 0 Å². The van der Waals surface area contributed by atoms with Gasteiger partial charge in [0, 0.05) is 13.1 Å².